The zero-order chi connectivity index (χ0) is 21.9. The molecule has 0 heterocycles. The molecule has 0 atom stereocenters. The van der Waals surface area contributed by atoms with E-state index < -0.39 is 0 Å². The SMILES string of the molecule is Cc1cc(C2c3ccccc3-c3ccccc32)cc(C2c3ccccc3-c3ccccc32)c1. The van der Waals surface area contributed by atoms with Gasteiger partial charge in [0.05, 0.1) is 0 Å². The molecule has 5 aromatic rings. The monoisotopic (exact) mass is 420 g/mol. The first-order chi connectivity index (χ1) is 16.3. The standard InChI is InChI=1S/C33H24/c1-21-18-22(32-28-14-6-2-10-24(28)25-11-3-7-15-29(25)32)20-23(19-21)33-30-16-8-4-12-26(30)27-13-5-9-17-31(27)33/h2-20,32-33H,1H3. The molecule has 0 bridgehead atoms. The van der Waals surface area contributed by atoms with Crippen LogP contribution in [0.25, 0.3) is 22.3 Å². The minimum atomic E-state index is 0.281. The Bertz CT molecular complexity index is 1330. The molecule has 0 fully saturated rings. The molecule has 2 aliphatic rings. The molecule has 0 N–H and O–H groups in total. The summed E-state index contributed by atoms with van der Waals surface area (Å²) >= 11 is 0. The van der Waals surface area contributed by atoms with Crippen LogP contribution < -0.4 is 0 Å². The largest absolute Gasteiger partial charge is 0.0619 e. The van der Waals surface area contributed by atoms with Crippen LogP contribution in [-0.4, -0.2) is 0 Å². The Morgan fingerprint density at radius 3 is 1.03 bits per heavy atom. The first-order valence-electron chi connectivity index (χ1n) is 11.8. The third-order valence-corrected chi connectivity index (χ3v) is 7.46. The Morgan fingerprint density at radius 2 is 0.697 bits per heavy atom. The summed E-state index contributed by atoms with van der Waals surface area (Å²) in [7, 11) is 0. The van der Waals surface area contributed by atoms with E-state index in [0.29, 0.717) is 0 Å². The number of aryl methyl sites for hydroxylation is 1. The highest BCUT2D eigenvalue weighted by Gasteiger charge is 2.32. The fourth-order valence-corrected chi connectivity index (χ4v) is 6.21. The van der Waals surface area contributed by atoms with Crippen LogP contribution in [-0.2, 0) is 0 Å². The van der Waals surface area contributed by atoms with Crippen molar-refractivity contribution < 1.29 is 0 Å². The van der Waals surface area contributed by atoms with Gasteiger partial charge in [0.1, 0.15) is 0 Å². The van der Waals surface area contributed by atoms with Gasteiger partial charge in [-0.25, -0.2) is 0 Å². The third kappa shape index (κ3) is 2.71. The number of fused-ring (bicyclic) bond motifs is 6. The van der Waals surface area contributed by atoms with Crippen molar-refractivity contribution in [2.45, 2.75) is 18.8 Å². The molecule has 0 saturated carbocycles. The zero-order valence-electron chi connectivity index (χ0n) is 18.6. The van der Waals surface area contributed by atoms with Gasteiger partial charge in [-0.1, -0.05) is 121 Å². The number of benzene rings is 5. The van der Waals surface area contributed by atoms with Crippen LogP contribution in [0.3, 0.4) is 0 Å². The van der Waals surface area contributed by atoms with Gasteiger partial charge in [0.15, 0.2) is 0 Å². The van der Waals surface area contributed by atoms with Crippen molar-refractivity contribution in [1.82, 2.24) is 0 Å². The number of hydrogen-bond donors (Lipinski definition) is 0. The van der Waals surface area contributed by atoms with Crippen LogP contribution >= 0.6 is 0 Å². The highest BCUT2D eigenvalue weighted by Crippen LogP contribution is 2.51. The molecule has 0 nitrogen and oxygen atoms in total. The summed E-state index contributed by atoms with van der Waals surface area (Å²) in [5.41, 5.74) is 15.3. The molecule has 0 unspecified atom stereocenters. The molecule has 0 aromatic heterocycles. The van der Waals surface area contributed by atoms with E-state index in [1.807, 2.05) is 0 Å². The molecule has 7 rings (SSSR count). The predicted molar refractivity (Wildman–Crippen MR) is 137 cm³/mol. The lowest BCUT2D eigenvalue weighted by atomic mass is 9.83. The van der Waals surface area contributed by atoms with Crippen LogP contribution in [0.5, 0.6) is 0 Å². The first kappa shape index (κ1) is 18.7. The van der Waals surface area contributed by atoms with Crippen molar-refractivity contribution in [3.05, 3.63) is 154 Å². The molecule has 5 aromatic carbocycles. The molecular weight excluding hydrogens is 396 g/mol. The summed E-state index contributed by atoms with van der Waals surface area (Å²) in [5, 5.41) is 0. The maximum atomic E-state index is 2.47. The highest BCUT2D eigenvalue weighted by atomic mass is 14.4. The molecule has 0 amide bonds. The normalized spacial score (nSPS) is 14.0. The van der Waals surface area contributed by atoms with Gasteiger partial charge >= 0.3 is 0 Å². The van der Waals surface area contributed by atoms with Gasteiger partial charge in [-0.15, -0.1) is 0 Å². The quantitative estimate of drug-likeness (QED) is 0.264. The van der Waals surface area contributed by atoms with E-state index in [0.717, 1.165) is 0 Å². The zero-order valence-corrected chi connectivity index (χ0v) is 18.6. The lowest BCUT2D eigenvalue weighted by molar-refractivity contribution is 0.967. The van der Waals surface area contributed by atoms with Crippen LogP contribution in [0.2, 0.25) is 0 Å². The lowest BCUT2D eigenvalue weighted by Crippen LogP contribution is -2.04. The van der Waals surface area contributed by atoms with E-state index in [1.165, 1.54) is 61.2 Å². The van der Waals surface area contributed by atoms with E-state index >= 15 is 0 Å². The summed E-state index contributed by atoms with van der Waals surface area (Å²) in [6, 6.07) is 42.9. The van der Waals surface area contributed by atoms with E-state index in [9.17, 15) is 0 Å². The molecule has 156 valence electrons. The number of rotatable bonds is 2. The molecule has 0 heteroatoms. The maximum absolute atomic E-state index is 2.47. The topological polar surface area (TPSA) is 0 Å². The number of hydrogen-bond acceptors (Lipinski definition) is 0. The van der Waals surface area contributed by atoms with Crippen LogP contribution in [0.15, 0.2) is 115 Å². The Morgan fingerprint density at radius 1 is 0.394 bits per heavy atom. The summed E-state index contributed by atoms with van der Waals surface area (Å²) < 4.78 is 0. The van der Waals surface area contributed by atoms with Gasteiger partial charge < -0.3 is 0 Å². The minimum Gasteiger partial charge on any atom is -0.0619 e. The maximum Gasteiger partial charge on any atom is 0.0352 e. The van der Waals surface area contributed by atoms with E-state index in [4.69, 9.17) is 0 Å². The van der Waals surface area contributed by atoms with Gasteiger partial charge in [0.2, 0.25) is 0 Å². The van der Waals surface area contributed by atoms with E-state index in [2.05, 4.69) is 122 Å². The van der Waals surface area contributed by atoms with Gasteiger partial charge in [-0.2, -0.15) is 0 Å². The Kier molecular flexibility index (Phi) is 3.98. The van der Waals surface area contributed by atoms with Crippen LogP contribution in [0, 0.1) is 6.92 Å². The third-order valence-electron chi connectivity index (χ3n) is 7.46. The summed E-state index contributed by atoms with van der Waals surface area (Å²) in [4.78, 5) is 0. The van der Waals surface area contributed by atoms with Crippen molar-refractivity contribution in [3.8, 4) is 22.3 Å². The van der Waals surface area contributed by atoms with Gasteiger partial charge in [0, 0.05) is 11.8 Å². The molecule has 0 radical (unpaired) electrons. The molecule has 0 aliphatic heterocycles. The van der Waals surface area contributed by atoms with Crippen LogP contribution in [0.1, 0.15) is 50.8 Å². The first-order valence-corrected chi connectivity index (χ1v) is 11.8. The molecule has 0 spiro atoms. The summed E-state index contributed by atoms with van der Waals surface area (Å²) in [6.07, 6.45) is 0. The van der Waals surface area contributed by atoms with E-state index in [-0.39, 0.29) is 11.8 Å². The van der Waals surface area contributed by atoms with Gasteiger partial charge in [-0.05, 0) is 62.6 Å². The molecule has 0 saturated heterocycles. The second-order valence-corrected chi connectivity index (χ2v) is 9.39. The fourth-order valence-electron chi connectivity index (χ4n) is 6.21. The second-order valence-electron chi connectivity index (χ2n) is 9.39. The van der Waals surface area contributed by atoms with Crippen molar-refractivity contribution in [2.75, 3.05) is 0 Å². The van der Waals surface area contributed by atoms with Crippen molar-refractivity contribution in [2.24, 2.45) is 0 Å². The highest BCUT2D eigenvalue weighted by molar-refractivity contribution is 5.82. The second kappa shape index (κ2) is 7.05. The van der Waals surface area contributed by atoms with Crippen LogP contribution in [0.4, 0.5) is 0 Å². The molecule has 2 aliphatic carbocycles. The Balaban J connectivity index is 1.44. The average molecular weight is 421 g/mol. The predicted octanol–water partition coefficient (Wildman–Crippen LogP) is 8.32. The Labute approximate surface area is 195 Å². The van der Waals surface area contributed by atoms with Gasteiger partial charge in [-0.3, -0.25) is 0 Å². The summed E-state index contributed by atoms with van der Waals surface area (Å²) in [5.74, 6) is 0.561. The van der Waals surface area contributed by atoms with E-state index in [1.54, 1.807) is 0 Å². The average Bonchev–Trinajstić information content (AvgIpc) is 3.37. The smallest absolute Gasteiger partial charge is 0.0352 e. The lowest BCUT2D eigenvalue weighted by Gasteiger charge is -2.20. The fraction of sp³-hybridized carbons (Fsp3) is 0.0909. The molecular formula is C33H24. The molecule has 33 heavy (non-hydrogen) atoms. The van der Waals surface area contributed by atoms with Crippen molar-refractivity contribution >= 4 is 0 Å². The van der Waals surface area contributed by atoms with Crippen molar-refractivity contribution in [3.63, 3.8) is 0 Å². The summed E-state index contributed by atoms with van der Waals surface area (Å²) in [6.45, 7) is 2.24. The van der Waals surface area contributed by atoms with Crippen molar-refractivity contribution in [1.29, 1.82) is 0 Å². The van der Waals surface area contributed by atoms with Gasteiger partial charge in [0.25, 0.3) is 0 Å². The Hall–Kier alpha value is -3.90. The minimum absolute atomic E-state index is 0.281.